The third kappa shape index (κ3) is 4.45. The summed E-state index contributed by atoms with van der Waals surface area (Å²) >= 11 is 6.20. The topological polar surface area (TPSA) is 82.9 Å². The number of benzene rings is 1. The van der Waals surface area contributed by atoms with Crippen LogP contribution in [0.3, 0.4) is 0 Å². The maximum absolute atomic E-state index is 13.7. The molecule has 8 heteroatoms. The summed E-state index contributed by atoms with van der Waals surface area (Å²) in [6.45, 7) is 2.84. The lowest BCUT2D eigenvalue weighted by atomic mass is 9.85. The summed E-state index contributed by atoms with van der Waals surface area (Å²) in [7, 11) is 0. The molecule has 0 amide bonds. The fourth-order valence-corrected chi connectivity index (χ4v) is 5.87. The lowest BCUT2D eigenvalue weighted by Gasteiger charge is -2.27. The second-order valence-electron chi connectivity index (χ2n) is 9.27. The molecule has 3 heterocycles. The third-order valence-electron chi connectivity index (χ3n) is 7.30. The van der Waals surface area contributed by atoms with Gasteiger partial charge in [0.05, 0.1) is 16.3 Å². The van der Waals surface area contributed by atoms with E-state index >= 15 is 0 Å². The van der Waals surface area contributed by atoms with E-state index in [-0.39, 0.29) is 6.04 Å². The predicted octanol–water partition coefficient (Wildman–Crippen LogP) is 4.40. The number of rotatable bonds is 5. The summed E-state index contributed by atoms with van der Waals surface area (Å²) in [5, 5.41) is 25.8. The molecule has 0 bridgehead atoms. The Morgan fingerprint density at radius 2 is 2.06 bits per heavy atom. The molecule has 1 aliphatic carbocycles. The second-order valence-corrected chi connectivity index (χ2v) is 9.68. The number of hydrogen-bond donors (Lipinski definition) is 2. The third-order valence-corrected chi connectivity index (χ3v) is 7.63. The molecule has 4 atom stereocenters. The van der Waals surface area contributed by atoms with Gasteiger partial charge in [0.1, 0.15) is 11.9 Å². The molecule has 5 rings (SSSR count). The number of halogens is 2. The zero-order chi connectivity index (χ0) is 22.1. The summed E-state index contributed by atoms with van der Waals surface area (Å²) in [5.74, 6) is 2.14. The summed E-state index contributed by atoms with van der Waals surface area (Å²) in [6, 6.07) is 8.75. The van der Waals surface area contributed by atoms with Crippen molar-refractivity contribution in [3.05, 3.63) is 40.7 Å². The van der Waals surface area contributed by atoms with E-state index in [1.165, 1.54) is 37.5 Å². The van der Waals surface area contributed by atoms with Gasteiger partial charge in [-0.1, -0.05) is 11.6 Å². The number of fused-ring (bicyclic) bond motifs is 1. The van der Waals surface area contributed by atoms with Crippen LogP contribution in [0.4, 0.5) is 10.2 Å². The quantitative estimate of drug-likeness (QED) is 0.695. The van der Waals surface area contributed by atoms with E-state index < -0.39 is 5.82 Å². The Morgan fingerprint density at radius 1 is 1.22 bits per heavy atom. The van der Waals surface area contributed by atoms with Gasteiger partial charge >= 0.3 is 0 Å². The smallest absolute Gasteiger partial charge is 0.166 e. The first-order valence-electron chi connectivity index (χ1n) is 11.4. The molecule has 32 heavy (non-hydrogen) atoms. The fourth-order valence-electron chi connectivity index (χ4n) is 5.66. The summed E-state index contributed by atoms with van der Waals surface area (Å²) in [4.78, 5) is 0. The molecule has 0 spiro atoms. The van der Waals surface area contributed by atoms with Gasteiger partial charge in [0.2, 0.25) is 0 Å². The van der Waals surface area contributed by atoms with Crippen LogP contribution < -0.4 is 10.6 Å². The molecule has 2 saturated heterocycles. The van der Waals surface area contributed by atoms with Gasteiger partial charge in [-0.15, -0.1) is 10.2 Å². The minimum atomic E-state index is -0.409. The van der Waals surface area contributed by atoms with E-state index in [0.717, 1.165) is 38.5 Å². The summed E-state index contributed by atoms with van der Waals surface area (Å²) < 4.78 is 19.2. The fraction of sp³-hybridized carbons (Fsp3) is 0.542. The number of nitrogens with zero attached hydrogens (tertiary/aromatic N) is 3. The second kappa shape index (κ2) is 9.30. The molecule has 6 nitrogen and oxygen atoms in total. The Bertz CT molecular complexity index is 1020. The zero-order valence-corrected chi connectivity index (χ0v) is 18.6. The Kier molecular flexibility index (Phi) is 6.27. The number of nitriles is 1. The SMILES string of the molecule is N#Cc1cc(-c2cc(F)ccc2Cl)nnc1N[C@H]1C[C@@H]2CN[C@@H](CC3CCOCC3)[C@H]2C1. The van der Waals surface area contributed by atoms with E-state index in [0.29, 0.717) is 45.5 Å². The number of aromatic nitrogens is 2. The molecule has 1 aromatic carbocycles. The Hall–Kier alpha value is -2.27. The lowest BCUT2D eigenvalue weighted by molar-refractivity contribution is 0.0594. The maximum Gasteiger partial charge on any atom is 0.166 e. The van der Waals surface area contributed by atoms with E-state index in [2.05, 4.69) is 26.9 Å². The molecular formula is C24H27ClFN5O. The highest BCUT2D eigenvalue weighted by Gasteiger charge is 2.44. The van der Waals surface area contributed by atoms with Crippen molar-refractivity contribution in [1.82, 2.24) is 15.5 Å². The molecule has 2 aromatic rings. The van der Waals surface area contributed by atoms with Crippen LogP contribution in [-0.4, -0.2) is 42.0 Å². The van der Waals surface area contributed by atoms with Crippen LogP contribution in [0.15, 0.2) is 24.3 Å². The Balaban J connectivity index is 1.26. The van der Waals surface area contributed by atoms with Gasteiger partial charge in [0.15, 0.2) is 5.82 Å². The van der Waals surface area contributed by atoms with Crippen molar-refractivity contribution in [2.24, 2.45) is 17.8 Å². The lowest BCUT2D eigenvalue weighted by Crippen LogP contribution is -2.33. The van der Waals surface area contributed by atoms with Crippen LogP contribution in [0.1, 0.15) is 37.7 Å². The van der Waals surface area contributed by atoms with Crippen molar-refractivity contribution >= 4 is 17.4 Å². The number of hydrogen-bond acceptors (Lipinski definition) is 6. The van der Waals surface area contributed by atoms with Gasteiger partial charge in [0.25, 0.3) is 0 Å². The Morgan fingerprint density at radius 3 is 2.88 bits per heavy atom. The minimum Gasteiger partial charge on any atom is -0.381 e. The first-order chi connectivity index (χ1) is 15.6. The minimum absolute atomic E-state index is 0.272. The van der Waals surface area contributed by atoms with Crippen LogP contribution in [0, 0.1) is 34.9 Å². The molecule has 168 valence electrons. The summed E-state index contributed by atoms with van der Waals surface area (Å²) in [5.41, 5.74) is 1.21. The van der Waals surface area contributed by atoms with Gasteiger partial charge < -0.3 is 15.4 Å². The molecule has 0 unspecified atom stereocenters. The molecule has 3 fully saturated rings. The number of anilines is 1. The van der Waals surface area contributed by atoms with Crippen LogP contribution in [0.2, 0.25) is 5.02 Å². The van der Waals surface area contributed by atoms with Crippen molar-refractivity contribution in [3.63, 3.8) is 0 Å². The average Bonchev–Trinajstić information content (AvgIpc) is 3.37. The van der Waals surface area contributed by atoms with Crippen LogP contribution >= 0.6 is 11.6 Å². The van der Waals surface area contributed by atoms with Crippen LogP contribution in [-0.2, 0) is 4.74 Å². The van der Waals surface area contributed by atoms with Gasteiger partial charge in [0, 0.05) is 30.9 Å². The first kappa shape index (κ1) is 21.6. The highest BCUT2D eigenvalue weighted by Crippen LogP contribution is 2.42. The highest BCUT2D eigenvalue weighted by atomic mass is 35.5. The van der Waals surface area contributed by atoms with Gasteiger partial charge in [-0.2, -0.15) is 5.26 Å². The molecule has 1 aromatic heterocycles. The largest absolute Gasteiger partial charge is 0.381 e. The van der Waals surface area contributed by atoms with E-state index in [1.54, 1.807) is 6.07 Å². The van der Waals surface area contributed by atoms with Crippen molar-refractivity contribution < 1.29 is 9.13 Å². The van der Waals surface area contributed by atoms with Crippen molar-refractivity contribution in [1.29, 1.82) is 5.26 Å². The first-order valence-corrected chi connectivity index (χ1v) is 11.8. The number of ether oxygens (including phenoxy) is 1. The average molecular weight is 456 g/mol. The van der Waals surface area contributed by atoms with E-state index in [4.69, 9.17) is 16.3 Å². The van der Waals surface area contributed by atoms with Gasteiger partial charge in [-0.3, -0.25) is 0 Å². The predicted molar refractivity (Wildman–Crippen MR) is 121 cm³/mol. The highest BCUT2D eigenvalue weighted by molar-refractivity contribution is 6.33. The molecular weight excluding hydrogens is 429 g/mol. The van der Waals surface area contributed by atoms with Crippen molar-refractivity contribution in [3.8, 4) is 17.3 Å². The molecule has 2 aliphatic heterocycles. The monoisotopic (exact) mass is 455 g/mol. The number of nitrogens with one attached hydrogen (secondary N) is 2. The Labute approximate surface area is 192 Å². The summed E-state index contributed by atoms with van der Waals surface area (Å²) in [6.07, 6.45) is 5.69. The standard InChI is InChI=1S/C24H27ClFN5O/c25-21-2-1-17(26)10-20(21)23-9-15(12-27)24(31-30-23)29-18-8-16-13-28-22(19(16)11-18)7-14-3-5-32-6-4-14/h1-2,9-10,14,16,18-19,22,28H,3-8,11,13H2,(H,29,31)/t16-,18+,19+,22+/m1/s1. The zero-order valence-electron chi connectivity index (χ0n) is 17.9. The molecule has 1 saturated carbocycles. The van der Waals surface area contributed by atoms with E-state index in [9.17, 15) is 9.65 Å². The molecule has 2 N–H and O–H groups in total. The molecule has 0 radical (unpaired) electrons. The van der Waals surface area contributed by atoms with E-state index in [1.807, 2.05) is 0 Å². The van der Waals surface area contributed by atoms with Crippen molar-refractivity contribution in [2.75, 3.05) is 25.1 Å². The van der Waals surface area contributed by atoms with Crippen LogP contribution in [0.25, 0.3) is 11.3 Å². The van der Waals surface area contributed by atoms with Gasteiger partial charge in [-0.05, 0) is 80.7 Å². The van der Waals surface area contributed by atoms with Crippen LogP contribution in [0.5, 0.6) is 0 Å². The molecule has 3 aliphatic rings. The van der Waals surface area contributed by atoms with Crippen molar-refractivity contribution in [2.45, 2.75) is 44.2 Å². The maximum atomic E-state index is 13.7. The normalized spacial score (nSPS) is 27.8. The van der Waals surface area contributed by atoms with Gasteiger partial charge in [-0.25, -0.2) is 4.39 Å².